The molecule has 2 heteroatoms. The van der Waals surface area contributed by atoms with E-state index in [0.717, 1.165) is 58.5 Å². The van der Waals surface area contributed by atoms with E-state index in [1.165, 1.54) is 51.8 Å². The van der Waals surface area contributed by atoms with Crippen LogP contribution in [0.2, 0.25) is 0 Å². The normalized spacial score (nSPS) is 14.0. The summed E-state index contributed by atoms with van der Waals surface area (Å²) in [4.78, 5) is 10.2. The van der Waals surface area contributed by atoms with Gasteiger partial charge in [0.1, 0.15) is 0 Å². The van der Waals surface area contributed by atoms with Crippen LogP contribution in [0.25, 0.3) is 72.9 Å². The van der Waals surface area contributed by atoms with Crippen LogP contribution in [0.15, 0.2) is 193 Å². The lowest BCUT2D eigenvalue weighted by Gasteiger charge is -2.20. The molecule has 0 spiro atoms. The fourth-order valence-electron chi connectivity index (χ4n) is 7.76. The second-order valence-corrected chi connectivity index (χ2v) is 14.0. The van der Waals surface area contributed by atoms with Gasteiger partial charge in [-0.25, -0.2) is 9.97 Å². The third-order valence-corrected chi connectivity index (χ3v) is 10.5. The summed E-state index contributed by atoms with van der Waals surface area (Å²) in [5, 5.41) is 0. The third kappa shape index (κ3) is 6.97. The number of nitrogens with zero attached hydrogens (tertiary/aromatic N) is 2. The summed E-state index contributed by atoms with van der Waals surface area (Å²) in [6, 6.07) is 58.3. The molecule has 6 aromatic carbocycles. The first-order valence-corrected chi connectivity index (χ1v) is 18.8. The van der Waals surface area contributed by atoms with Crippen LogP contribution in [0.1, 0.15) is 37.7 Å². The lowest BCUT2D eigenvalue weighted by molar-refractivity contribution is 0.842. The number of rotatable bonds is 7. The van der Waals surface area contributed by atoms with Crippen LogP contribution in [0.5, 0.6) is 0 Å². The van der Waals surface area contributed by atoms with E-state index in [-0.39, 0.29) is 0 Å². The summed E-state index contributed by atoms with van der Waals surface area (Å²) >= 11 is 0. The highest BCUT2D eigenvalue weighted by Gasteiger charge is 2.18. The highest BCUT2D eigenvalue weighted by atomic mass is 14.9. The molecule has 0 radical (unpaired) electrons. The van der Waals surface area contributed by atoms with Crippen LogP contribution in [-0.4, -0.2) is 9.97 Å². The summed E-state index contributed by atoms with van der Waals surface area (Å²) in [6.45, 7) is 0. The van der Waals surface area contributed by atoms with E-state index >= 15 is 0 Å². The van der Waals surface area contributed by atoms with Crippen molar-refractivity contribution in [3.05, 3.63) is 199 Å². The van der Waals surface area contributed by atoms with Gasteiger partial charge in [-0.2, -0.15) is 0 Å². The molecular formula is C51H40N2. The van der Waals surface area contributed by atoms with Gasteiger partial charge in [-0.15, -0.1) is 0 Å². The van der Waals surface area contributed by atoms with E-state index in [4.69, 9.17) is 9.97 Å². The number of benzene rings is 6. The molecule has 0 unspecified atom stereocenters. The molecule has 0 atom stereocenters. The molecule has 9 rings (SSSR count). The Morgan fingerprint density at radius 2 is 0.830 bits per heavy atom. The zero-order valence-corrected chi connectivity index (χ0v) is 29.8. The second-order valence-electron chi connectivity index (χ2n) is 14.0. The maximum Gasteiger partial charge on any atom is 0.160 e. The van der Waals surface area contributed by atoms with Crippen molar-refractivity contribution in [3.63, 3.8) is 0 Å². The molecule has 2 aliphatic carbocycles. The molecule has 1 heterocycles. The van der Waals surface area contributed by atoms with E-state index in [2.05, 4.69) is 170 Å². The first-order chi connectivity index (χ1) is 26.2. The quantitative estimate of drug-likeness (QED) is 0.167. The Balaban J connectivity index is 1.03. The van der Waals surface area contributed by atoms with Crippen LogP contribution in [0.4, 0.5) is 0 Å². The monoisotopic (exact) mass is 680 g/mol. The van der Waals surface area contributed by atoms with E-state index < -0.39 is 0 Å². The molecule has 0 bridgehead atoms. The van der Waals surface area contributed by atoms with Gasteiger partial charge in [-0.05, 0) is 118 Å². The predicted molar refractivity (Wildman–Crippen MR) is 222 cm³/mol. The van der Waals surface area contributed by atoms with Crippen molar-refractivity contribution in [1.82, 2.24) is 9.97 Å². The molecule has 1 aromatic heterocycles. The molecule has 53 heavy (non-hydrogen) atoms. The first kappa shape index (κ1) is 32.5. The van der Waals surface area contributed by atoms with Crippen molar-refractivity contribution in [1.29, 1.82) is 0 Å². The molecule has 0 saturated carbocycles. The number of allylic oxidation sites excluding steroid dienone is 6. The van der Waals surface area contributed by atoms with Crippen molar-refractivity contribution < 1.29 is 0 Å². The Morgan fingerprint density at radius 3 is 1.38 bits per heavy atom. The Hall–Kier alpha value is -6.38. The van der Waals surface area contributed by atoms with E-state index in [0.29, 0.717) is 5.82 Å². The number of aromatic nitrogens is 2. The highest BCUT2D eigenvalue weighted by Crippen LogP contribution is 2.39. The van der Waals surface area contributed by atoms with Crippen molar-refractivity contribution >= 4 is 5.57 Å². The van der Waals surface area contributed by atoms with Crippen molar-refractivity contribution in [2.45, 2.75) is 32.1 Å². The van der Waals surface area contributed by atoms with Gasteiger partial charge in [0.05, 0.1) is 11.4 Å². The molecule has 0 fully saturated rings. The summed E-state index contributed by atoms with van der Waals surface area (Å²) in [5.41, 5.74) is 17.9. The zero-order valence-electron chi connectivity index (χ0n) is 29.8. The zero-order chi connectivity index (χ0) is 35.4. The average molecular weight is 681 g/mol. The van der Waals surface area contributed by atoms with Gasteiger partial charge in [0.15, 0.2) is 5.82 Å². The van der Waals surface area contributed by atoms with Gasteiger partial charge >= 0.3 is 0 Å². The Bertz CT molecular complexity index is 2460. The average Bonchev–Trinajstić information content (AvgIpc) is 3.50. The standard InChI is InChI=1S/C51H40N2/c1-5-16-37(17-6-1)49-35-50(38-18-7-2-8-19-38)53-51(52-49)46-28-13-26-44(34-46)42-24-11-22-40(32-42)39-21-10-23-41(31-39)43-25-12-27-45(33-43)48-30-14-20-36-15-4-3-9-29-47(36)48/h1-2,4-8,10-13,15-19,21-28,30-35H,3,9,14,20,29H2. The number of hydrogen-bond donors (Lipinski definition) is 0. The van der Waals surface area contributed by atoms with Crippen LogP contribution in [-0.2, 0) is 0 Å². The second kappa shape index (κ2) is 14.7. The largest absolute Gasteiger partial charge is 0.228 e. The summed E-state index contributed by atoms with van der Waals surface area (Å²) in [7, 11) is 0. The van der Waals surface area contributed by atoms with Gasteiger partial charge in [0.2, 0.25) is 0 Å². The van der Waals surface area contributed by atoms with Crippen LogP contribution in [0, 0.1) is 0 Å². The van der Waals surface area contributed by atoms with Gasteiger partial charge in [-0.3, -0.25) is 0 Å². The lowest BCUT2D eigenvalue weighted by Crippen LogP contribution is -2.00. The summed E-state index contributed by atoms with van der Waals surface area (Å²) < 4.78 is 0. The summed E-state index contributed by atoms with van der Waals surface area (Å²) in [6.07, 6.45) is 13.0. The van der Waals surface area contributed by atoms with Crippen LogP contribution in [0.3, 0.4) is 0 Å². The van der Waals surface area contributed by atoms with Gasteiger partial charge in [-0.1, -0.05) is 152 Å². The fourth-order valence-corrected chi connectivity index (χ4v) is 7.76. The minimum Gasteiger partial charge on any atom is -0.228 e. The van der Waals surface area contributed by atoms with Gasteiger partial charge < -0.3 is 0 Å². The Morgan fingerprint density at radius 1 is 0.377 bits per heavy atom. The molecular weight excluding hydrogens is 641 g/mol. The lowest BCUT2D eigenvalue weighted by atomic mass is 9.84. The topological polar surface area (TPSA) is 25.8 Å². The van der Waals surface area contributed by atoms with Crippen molar-refractivity contribution in [2.75, 3.05) is 0 Å². The first-order valence-electron chi connectivity index (χ1n) is 18.8. The molecule has 0 amide bonds. The summed E-state index contributed by atoms with van der Waals surface area (Å²) in [5.74, 6) is 0.713. The molecule has 0 aliphatic heterocycles. The molecule has 0 saturated heterocycles. The Kier molecular flexibility index (Phi) is 9.02. The molecule has 0 N–H and O–H groups in total. The van der Waals surface area contributed by atoms with E-state index in [9.17, 15) is 0 Å². The maximum atomic E-state index is 5.08. The van der Waals surface area contributed by atoms with Crippen molar-refractivity contribution in [2.24, 2.45) is 0 Å². The molecule has 7 aromatic rings. The SMILES string of the molecule is C1=CC2=C(CCC1)C(c1cccc(-c3cccc(-c4cccc(-c5cccc(-c6nc(-c7ccccc7)cc(-c7ccccc7)n6)c5)c4)c3)c1)=CCC2. The van der Waals surface area contributed by atoms with Crippen LogP contribution >= 0.6 is 0 Å². The van der Waals surface area contributed by atoms with Crippen molar-refractivity contribution in [3.8, 4) is 67.3 Å². The maximum absolute atomic E-state index is 5.08. The van der Waals surface area contributed by atoms with E-state index in [1.807, 2.05) is 12.1 Å². The molecule has 254 valence electrons. The minimum atomic E-state index is 0.713. The van der Waals surface area contributed by atoms with Gasteiger partial charge in [0, 0.05) is 16.7 Å². The number of hydrogen-bond acceptors (Lipinski definition) is 2. The smallest absolute Gasteiger partial charge is 0.160 e. The molecule has 2 nitrogen and oxygen atoms in total. The minimum absolute atomic E-state index is 0.713. The fraction of sp³-hybridized carbons (Fsp3) is 0.0980. The molecule has 2 aliphatic rings. The van der Waals surface area contributed by atoms with Gasteiger partial charge in [0.25, 0.3) is 0 Å². The highest BCUT2D eigenvalue weighted by molar-refractivity contribution is 5.85. The third-order valence-electron chi connectivity index (χ3n) is 10.5. The predicted octanol–water partition coefficient (Wildman–Crippen LogP) is 13.7. The van der Waals surface area contributed by atoms with Crippen LogP contribution < -0.4 is 0 Å². The van der Waals surface area contributed by atoms with E-state index in [1.54, 1.807) is 5.57 Å². The Labute approximate surface area is 312 Å².